The second kappa shape index (κ2) is 4.42. The molecule has 1 aliphatic rings. The van der Waals surface area contributed by atoms with Crippen molar-refractivity contribution < 1.29 is 9.53 Å². The van der Waals surface area contributed by atoms with Crippen LogP contribution in [0.1, 0.15) is 16.1 Å². The van der Waals surface area contributed by atoms with Crippen LogP contribution in [0.25, 0.3) is 0 Å². The second-order valence-corrected chi connectivity index (χ2v) is 4.90. The molecule has 0 aromatic carbocycles. The number of hydrogen-bond acceptors (Lipinski definition) is 3. The molecule has 2 rings (SSSR count). The zero-order chi connectivity index (χ0) is 9.97. The molecule has 1 aliphatic heterocycles. The third kappa shape index (κ3) is 2.16. The maximum atomic E-state index is 11.7. The van der Waals surface area contributed by atoms with Gasteiger partial charge in [0.05, 0.1) is 12.6 Å². The lowest BCUT2D eigenvalue weighted by atomic mass is 10.2. The topological polar surface area (TPSA) is 38.3 Å². The Morgan fingerprint density at radius 3 is 3.14 bits per heavy atom. The van der Waals surface area contributed by atoms with Crippen LogP contribution in [0.4, 0.5) is 0 Å². The highest BCUT2D eigenvalue weighted by atomic mass is 79.9. The van der Waals surface area contributed by atoms with Crippen molar-refractivity contribution in [2.75, 3.05) is 13.2 Å². The summed E-state index contributed by atoms with van der Waals surface area (Å²) in [5.41, 5.74) is 0. The number of ether oxygens (including phenoxy) is 1. The van der Waals surface area contributed by atoms with Gasteiger partial charge in [0, 0.05) is 11.1 Å². The molecule has 1 saturated heterocycles. The van der Waals surface area contributed by atoms with E-state index in [0.717, 1.165) is 22.4 Å². The van der Waals surface area contributed by atoms with Gasteiger partial charge in [-0.05, 0) is 33.8 Å². The molecule has 14 heavy (non-hydrogen) atoms. The standard InChI is InChI=1S/C9H10BrNO2S/c10-7-2-4-14-8(7)9(12)11-6-1-3-13-5-6/h2,4,6H,1,3,5H2,(H,11,12). The highest BCUT2D eigenvalue weighted by molar-refractivity contribution is 9.10. The molecule has 1 amide bonds. The summed E-state index contributed by atoms with van der Waals surface area (Å²) in [6.45, 7) is 1.38. The van der Waals surface area contributed by atoms with Gasteiger partial charge in [0.2, 0.25) is 0 Å². The summed E-state index contributed by atoms with van der Waals surface area (Å²) in [6, 6.07) is 2.06. The van der Waals surface area contributed by atoms with Crippen LogP contribution < -0.4 is 5.32 Å². The van der Waals surface area contributed by atoms with Crippen LogP contribution in [-0.2, 0) is 4.74 Å². The number of halogens is 1. The fourth-order valence-corrected chi connectivity index (χ4v) is 2.81. The Balaban J connectivity index is 1.98. The normalized spacial score (nSPS) is 21.1. The number of thiophene rings is 1. The van der Waals surface area contributed by atoms with Gasteiger partial charge in [-0.2, -0.15) is 0 Å². The molecule has 1 unspecified atom stereocenters. The molecule has 1 atom stereocenters. The van der Waals surface area contributed by atoms with Gasteiger partial charge >= 0.3 is 0 Å². The first-order chi connectivity index (χ1) is 6.77. The van der Waals surface area contributed by atoms with E-state index in [4.69, 9.17) is 4.74 Å². The molecule has 0 radical (unpaired) electrons. The van der Waals surface area contributed by atoms with Crippen LogP contribution >= 0.6 is 27.3 Å². The Kier molecular flexibility index (Phi) is 3.20. The van der Waals surface area contributed by atoms with Crippen LogP contribution in [0, 0.1) is 0 Å². The zero-order valence-electron chi connectivity index (χ0n) is 7.46. The highest BCUT2D eigenvalue weighted by Crippen LogP contribution is 2.22. The zero-order valence-corrected chi connectivity index (χ0v) is 9.86. The minimum atomic E-state index is -0.0117. The van der Waals surface area contributed by atoms with Crippen molar-refractivity contribution in [2.24, 2.45) is 0 Å². The lowest BCUT2D eigenvalue weighted by molar-refractivity contribution is 0.0933. The van der Waals surface area contributed by atoms with E-state index in [2.05, 4.69) is 21.2 Å². The van der Waals surface area contributed by atoms with Crippen molar-refractivity contribution in [1.29, 1.82) is 0 Å². The van der Waals surface area contributed by atoms with Crippen molar-refractivity contribution in [3.05, 3.63) is 20.8 Å². The second-order valence-electron chi connectivity index (χ2n) is 3.13. The number of hydrogen-bond donors (Lipinski definition) is 1. The van der Waals surface area contributed by atoms with Crippen molar-refractivity contribution in [3.63, 3.8) is 0 Å². The molecule has 5 heteroatoms. The Labute approximate surface area is 94.6 Å². The van der Waals surface area contributed by atoms with Crippen molar-refractivity contribution in [2.45, 2.75) is 12.5 Å². The van der Waals surface area contributed by atoms with Gasteiger partial charge in [-0.3, -0.25) is 4.79 Å². The molecular formula is C9H10BrNO2S. The van der Waals surface area contributed by atoms with Gasteiger partial charge in [0.1, 0.15) is 4.88 Å². The molecule has 3 nitrogen and oxygen atoms in total. The first kappa shape index (κ1) is 10.1. The molecule has 2 heterocycles. The molecular weight excluding hydrogens is 266 g/mol. The van der Waals surface area contributed by atoms with Gasteiger partial charge in [-0.1, -0.05) is 0 Å². The predicted octanol–water partition coefficient (Wildman–Crippen LogP) is 2.03. The van der Waals surface area contributed by atoms with E-state index in [-0.39, 0.29) is 11.9 Å². The smallest absolute Gasteiger partial charge is 0.262 e. The third-order valence-electron chi connectivity index (χ3n) is 2.09. The molecule has 0 bridgehead atoms. The van der Waals surface area contributed by atoms with E-state index in [1.54, 1.807) is 0 Å². The van der Waals surface area contributed by atoms with Crippen LogP contribution in [-0.4, -0.2) is 25.2 Å². The first-order valence-corrected chi connectivity index (χ1v) is 6.06. The van der Waals surface area contributed by atoms with E-state index in [1.807, 2.05) is 11.4 Å². The molecule has 1 aromatic rings. The summed E-state index contributed by atoms with van der Waals surface area (Å²) in [5, 5.41) is 4.83. The molecule has 1 N–H and O–H groups in total. The largest absolute Gasteiger partial charge is 0.379 e. The molecule has 1 fully saturated rings. The summed E-state index contributed by atoms with van der Waals surface area (Å²) >= 11 is 4.78. The minimum Gasteiger partial charge on any atom is -0.379 e. The molecule has 1 aromatic heterocycles. The van der Waals surface area contributed by atoms with E-state index in [0.29, 0.717) is 6.61 Å². The number of rotatable bonds is 2. The summed E-state index contributed by atoms with van der Waals surface area (Å²) in [4.78, 5) is 12.4. The average molecular weight is 276 g/mol. The fourth-order valence-electron chi connectivity index (χ4n) is 1.36. The van der Waals surface area contributed by atoms with Gasteiger partial charge in [0.25, 0.3) is 5.91 Å². The van der Waals surface area contributed by atoms with Crippen LogP contribution in [0.2, 0.25) is 0 Å². The van der Waals surface area contributed by atoms with Crippen molar-refractivity contribution in [3.8, 4) is 0 Å². The lowest BCUT2D eigenvalue weighted by Crippen LogP contribution is -2.34. The summed E-state index contributed by atoms with van der Waals surface area (Å²) in [6.07, 6.45) is 0.911. The lowest BCUT2D eigenvalue weighted by Gasteiger charge is -2.09. The Morgan fingerprint density at radius 2 is 2.57 bits per heavy atom. The Morgan fingerprint density at radius 1 is 1.71 bits per heavy atom. The molecule has 76 valence electrons. The van der Waals surface area contributed by atoms with Gasteiger partial charge in [0.15, 0.2) is 0 Å². The van der Waals surface area contributed by atoms with E-state index in [9.17, 15) is 4.79 Å². The summed E-state index contributed by atoms with van der Waals surface area (Å²) in [7, 11) is 0. The number of nitrogens with one attached hydrogen (secondary N) is 1. The number of carbonyl (C=O) groups is 1. The van der Waals surface area contributed by atoms with Crippen molar-refractivity contribution in [1.82, 2.24) is 5.32 Å². The van der Waals surface area contributed by atoms with Gasteiger partial charge in [-0.15, -0.1) is 11.3 Å². The third-order valence-corrected chi connectivity index (χ3v) is 3.92. The molecule has 0 aliphatic carbocycles. The molecule has 0 saturated carbocycles. The average Bonchev–Trinajstić information content (AvgIpc) is 2.75. The fraction of sp³-hybridized carbons (Fsp3) is 0.444. The van der Waals surface area contributed by atoms with E-state index in [1.165, 1.54) is 11.3 Å². The minimum absolute atomic E-state index is 0.0117. The maximum Gasteiger partial charge on any atom is 0.262 e. The maximum absolute atomic E-state index is 11.7. The number of amides is 1. The van der Waals surface area contributed by atoms with Gasteiger partial charge < -0.3 is 10.1 Å². The molecule has 0 spiro atoms. The van der Waals surface area contributed by atoms with Gasteiger partial charge in [-0.25, -0.2) is 0 Å². The SMILES string of the molecule is O=C(NC1CCOC1)c1sccc1Br. The Hall–Kier alpha value is -0.390. The summed E-state index contributed by atoms with van der Waals surface area (Å²) in [5.74, 6) is -0.0117. The number of carbonyl (C=O) groups excluding carboxylic acids is 1. The monoisotopic (exact) mass is 275 g/mol. The van der Waals surface area contributed by atoms with Crippen LogP contribution in [0.15, 0.2) is 15.9 Å². The van der Waals surface area contributed by atoms with Crippen LogP contribution in [0.3, 0.4) is 0 Å². The summed E-state index contributed by atoms with van der Waals surface area (Å²) < 4.78 is 6.04. The quantitative estimate of drug-likeness (QED) is 0.897. The first-order valence-electron chi connectivity index (χ1n) is 4.39. The van der Waals surface area contributed by atoms with E-state index < -0.39 is 0 Å². The van der Waals surface area contributed by atoms with E-state index >= 15 is 0 Å². The predicted molar refractivity (Wildman–Crippen MR) is 58.7 cm³/mol. The Bertz CT molecular complexity index is 333. The van der Waals surface area contributed by atoms with Crippen molar-refractivity contribution >= 4 is 33.2 Å². The highest BCUT2D eigenvalue weighted by Gasteiger charge is 2.20. The van der Waals surface area contributed by atoms with Crippen LogP contribution in [0.5, 0.6) is 0 Å².